The number of nitrogens with zero attached hydrogens (tertiary/aromatic N) is 1. The van der Waals surface area contributed by atoms with E-state index < -0.39 is 5.97 Å². The molecule has 60 valence electrons. The summed E-state index contributed by atoms with van der Waals surface area (Å²) in [6.07, 6.45) is 2.57. The largest absolute Gasteiger partial charge is 0.382 e. The summed E-state index contributed by atoms with van der Waals surface area (Å²) in [4.78, 5) is 18.5. The quantitative estimate of drug-likeness (QED) is 0.265. The van der Waals surface area contributed by atoms with Gasteiger partial charge in [0.25, 0.3) is 0 Å². The van der Waals surface area contributed by atoms with Gasteiger partial charge in [-0.15, -0.1) is 5.26 Å². The fourth-order valence-corrected chi connectivity index (χ4v) is 0.519. The van der Waals surface area contributed by atoms with Gasteiger partial charge in [-0.05, 0) is 6.42 Å². The van der Waals surface area contributed by atoms with Crippen molar-refractivity contribution in [3.8, 4) is 6.26 Å². The minimum absolute atomic E-state index is 0.308. The maximum atomic E-state index is 10.7. The highest BCUT2D eigenvalue weighted by Crippen LogP contribution is 2.03. The topological polar surface area (TPSA) is 59.3 Å². The van der Waals surface area contributed by atoms with Crippen molar-refractivity contribution in [3.05, 3.63) is 12.2 Å². The molecule has 0 bridgehead atoms. The molecule has 0 unspecified atom stereocenters. The molecule has 0 radical (unpaired) electrons. The van der Waals surface area contributed by atoms with Gasteiger partial charge in [-0.3, -0.25) is 0 Å². The Morgan fingerprint density at radius 3 is 2.82 bits per heavy atom. The first-order chi connectivity index (χ1) is 5.22. The maximum absolute atomic E-state index is 10.7. The molecule has 0 aromatic rings. The van der Waals surface area contributed by atoms with Gasteiger partial charge >= 0.3 is 12.2 Å². The molecule has 0 fully saturated rings. The van der Waals surface area contributed by atoms with Crippen LogP contribution in [0.4, 0.5) is 0 Å². The van der Waals surface area contributed by atoms with Crippen molar-refractivity contribution in [1.29, 1.82) is 5.26 Å². The molecule has 4 heteroatoms. The minimum Gasteiger partial charge on any atom is -0.242 e. The summed E-state index contributed by atoms with van der Waals surface area (Å²) >= 11 is 0. The third kappa shape index (κ3) is 3.98. The molecule has 0 rings (SSSR count). The summed E-state index contributed by atoms with van der Waals surface area (Å²) in [7, 11) is 0. The third-order valence-electron chi connectivity index (χ3n) is 0.995. The second kappa shape index (κ2) is 5.30. The van der Waals surface area contributed by atoms with Crippen LogP contribution in [0.1, 0.15) is 19.8 Å². The van der Waals surface area contributed by atoms with Gasteiger partial charge in [-0.1, -0.05) is 19.9 Å². The van der Waals surface area contributed by atoms with Crippen molar-refractivity contribution in [2.75, 3.05) is 0 Å². The Labute approximate surface area is 64.9 Å². The average molecular weight is 155 g/mol. The van der Waals surface area contributed by atoms with Crippen LogP contribution in [0.2, 0.25) is 0 Å². The van der Waals surface area contributed by atoms with Crippen LogP contribution < -0.4 is 0 Å². The Morgan fingerprint density at radius 2 is 2.36 bits per heavy atom. The zero-order valence-electron chi connectivity index (χ0n) is 6.29. The van der Waals surface area contributed by atoms with Crippen LogP contribution in [0.3, 0.4) is 0 Å². The van der Waals surface area contributed by atoms with Gasteiger partial charge in [0.1, 0.15) is 0 Å². The van der Waals surface area contributed by atoms with Crippen LogP contribution in [0.25, 0.3) is 0 Å². The van der Waals surface area contributed by atoms with Crippen LogP contribution in [0.5, 0.6) is 0 Å². The van der Waals surface area contributed by atoms with Gasteiger partial charge in [-0.2, -0.15) is 0 Å². The monoisotopic (exact) mass is 155 g/mol. The van der Waals surface area contributed by atoms with Crippen molar-refractivity contribution in [2.45, 2.75) is 19.8 Å². The molecule has 0 saturated carbocycles. The molecule has 4 nitrogen and oxygen atoms in total. The van der Waals surface area contributed by atoms with Gasteiger partial charge in [0, 0.05) is 5.57 Å². The molecule has 0 spiro atoms. The molecule has 0 aliphatic carbocycles. The van der Waals surface area contributed by atoms with E-state index >= 15 is 0 Å². The Bertz CT molecular complexity index is 192. The van der Waals surface area contributed by atoms with Crippen molar-refractivity contribution in [1.82, 2.24) is 0 Å². The predicted octanol–water partition coefficient (Wildman–Crippen LogP) is 1.30. The van der Waals surface area contributed by atoms with E-state index in [0.29, 0.717) is 12.0 Å². The number of rotatable bonds is 4. The summed E-state index contributed by atoms with van der Waals surface area (Å²) in [5.41, 5.74) is 0.308. The molecule has 0 N–H and O–H groups in total. The average Bonchev–Trinajstić information content (AvgIpc) is 2.00. The van der Waals surface area contributed by atoms with Crippen LogP contribution in [0.15, 0.2) is 12.2 Å². The smallest absolute Gasteiger partial charge is 0.242 e. The van der Waals surface area contributed by atoms with E-state index in [9.17, 15) is 4.79 Å². The van der Waals surface area contributed by atoms with Crippen molar-refractivity contribution < 1.29 is 14.6 Å². The van der Waals surface area contributed by atoms with Crippen LogP contribution in [-0.2, 0) is 14.6 Å². The van der Waals surface area contributed by atoms with Gasteiger partial charge in [0.15, 0.2) is 0 Å². The summed E-state index contributed by atoms with van der Waals surface area (Å²) < 4.78 is 0. The van der Waals surface area contributed by atoms with Gasteiger partial charge in [0.05, 0.1) is 0 Å². The van der Waals surface area contributed by atoms with Crippen molar-refractivity contribution in [2.24, 2.45) is 0 Å². The van der Waals surface area contributed by atoms with E-state index in [1.807, 2.05) is 6.92 Å². The number of carbonyl (C=O) groups excluding carboxylic acids is 1. The van der Waals surface area contributed by atoms with E-state index in [0.717, 1.165) is 6.42 Å². The van der Waals surface area contributed by atoms with Crippen molar-refractivity contribution >= 4 is 5.97 Å². The van der Waals surface area contributed by atoms with Gasteiger partial charge in [0.2, 0.25) is 0 Å². The zero-order valence-corrected chi connectivity index (χ0v) is 6.29. The second-order valence-electron chi connectivity index (χ2n) is 1.90. The van der Waals surface area contributed by atoms with Gasteiger partial charge in [-0.25, -0.2) is 14.6 Å². The molecule has 0 saturated heterocycles. The lowest BCUT2D eigenvalue weighted by Crippen LogP contribution is -2.05. The lowest BCUT2D eigenvalue weighted by atomic mass is 10.2. The fourth-order valence-electron chi connectivity index (χ4n) is 0.519. The lowest BCUT2D eigenvalue weighted by molar-refractivity contribution is -0.227. The number of hydrogen-bond donors (Lipinski definition) is 0. The molecule has 0 atom stereocenters. The Morgan fingerprint density at radius 1 is 1.73 bits per heavy atom. The van der Waals surface area contributed by atoms with Crippen LogP contribution in [-0.4, -0.2) is 5.97 Å². The normalized spacial score (nSPS) is 8.00. The van der Waals surface area contributed by atoms with Crippen LogP contribution >= 0.6 is 0 Å². The molecule has 0 aromatic carbocycles. The summed E-state index contributed by atoms with van der Waals surface area (Å²) in [6, 6.07) is 0. The predicted molar refractivity (Wildman–Crippen MR) is 36.8 cm³/mol. The lowest BCUT2D eigenvalue weighted by Gasteiger charge is -1.98. The maximum Gasteiger partial charge on any atom is 0.382 e. The number of nitriles is 1. The third-order valence-corrected chi connectivity index (χ3v) is 0.995. The standard InChI is InChI=1S/C7H9NO3/c1-3-4-6(2)7(9)11-10-5-8/h2-4H2,1H3. The zero-order chi connectivity index (χ0) is 8.69. The van der Waals surface area contributed by atoms with E-state index in [4.69, 9.17) is 5.26 Å². The summed E-state index contributed by atoms with van der Waals surface area (Å²) in [6.45, 7) is 5.34. The van der Waals surface area contributed by atoms with E-state index in [1.54, 1.807) is 0 Å². The second-order valence-corrected chi connectivity index (χ2v) is 1.90. The van der Waals surface area contributed by atoms with E-state index in [-0.39, 0.29) is 0 Å². The van der Waals surface area contributed by atoms with E-state index in [2.05, 4.69) is 16.4 Å². The number of carbonyl (C=O) groups is 1. The fraction of sp³-hybridized carbons (Fsp3) is 0.429. The first-order valence-corrected chi connectivity index (χ1v) is 3.17. The Kier molecular flexibility index (Phi) is 4.58. The Hall–Kier alpha value is -1.50. The number of hydrogen-bond acceptors (Lipinski definition) is 4. The highest BCUT2D eigenvalue weighted by atomic mass is 17.2. The first-order valence-electron chi connectivity index (χ1n) is 3.17. The highest BCUT2D eigenvalue weighted by molar-refractivity contribution is 5.87. The summed E-state index contributed by atoms with van der Waals surface area (Å²) in [5.74, 6) is -0.687. The SMILES string of the molecule is C=C(CCC)C(=O)OOC#N. The highest BCUT2D eigenvalue weighted by Gasteiger charge is 2.08. The first kappa shape index (κ1) is 9.50. The Balaban J connectivity index is 3.67. The van der Waals surface area contributed by atoms with Crippen molar-refractivity contribution in [3.63, 3.8) is 0 Å². The molecular weight excluding hydrogens is 146 g/mol. The molecule has 0 aliphatic heterocycles. The molecule has 0 aliphatic rings. The molecule has 0 heterocycles. The molecule has 11 heavy (non-hydrogen) atoms. The molecule has 0 aromatic heterocycles. The summed E-state index contributed by atoms with van der Waals surface area (Å²) in [5, 5.41) is 7.85. The van der Waals surface area contributed by atoms with Crippen LogP contribution in [0, 0.1) is 11.5 Å². The van der Waals surface area contributed by atoms with Gasteiger partial charge < -0.3 is 0 Å². The minimum atomic E-state index is -0.687. The van der Waals surface area contributed by atoms with E-state index in [1.165, 1.54) is 6.26 Å². The molecule has 0 amide bonds. The molecular formula is C7H9NO3.